The van der Waals surface area contributed by atoms with Crippen LogP contribution in [0.25, 0.3) is 33.5 Å². The molecule has 0 amide bonds. The summed E-state index contributed by atoms with van der Waals surface area (Å²) in [6.45, 7) is 0. The third-order valence-electron chi connectivity index (χ3n) is 4.33. The van der Waals surface area contributed by atoms with E-state index >= 15 is 0 Å². The fourth-order valence-electron chi connectivity index (χ4n) is 3.05. The molecular weight excluding hydrogens is 316 g/mol. The molecule has 1 aromatic heterocycles. The highest BCUT2D eigenvalue weighted by Crippen LogP contribution is 2.30. The minimum atomic E-state index is 0.657. The van der Waals surface area contributed by atoms with Gasteiger partial charge in [-0.2, -0.15) is 5.26 Å². The summed E-state index contributed by atoms with van der Waals surface area (Å²) in [5.41, 5.74) is 6.91. The maximum Gasteiger partial charge on any atom is 0.0992 e. The second kappa shape index (κ2) is 7.04. The number of nitriles is 1. The third kappa shape index (κ3) is 3.24. The van der Waals surface area contributed by atoms with Crippen LogP contribution in [0.5, 0.6) is 0 Å². The van der Waals surface area contributed by atoms with E-state index in [0.29, 0.717) is 5.56 Å². The van der Waals surface area contributed by atoms with E-state index in [2.05, 4.69) is 47.5 Å². The molecule has 26 heavy (non-hydrogen) atoms. The van der Waals surface area contributed by atoms with Gasteiger partial charge in [-0.3, -0.25) is 4.98 Å². The Morgan fingerprint density at radius 2 is 1.23 bits per heavy atom. The van der Waals surface area contributed by atoms with Crippen LogP contribution in [0.4, 0.5) is 0 Å². The summed E-state index contributed by atoms with van der Waals surface area (Å²) < 4.78 is 0. The molecule has 0 bridgehead atoms. The Balaban J connectivity index is 1.82. The summed E-state index contributed by atoms with van der Waals surface area (Å²) in [7, 11) is 0. The van der Waals surface area contributed by atoms with Crippen LogP contribution in [0.1, 0.15) is 5.56 Å². The summed E-state index contributed by atoms with van der Waals surface area (Å²) in [5, 5.41) is 9.45. The molecule has 4 rings (SSSR count). The molecule has 3 aromatic carbocycles. The molecule has 0 aliphatic carbocycles. The van der Waals surface area contributed by atoms with Gasteiger partial charge in [0.2, 0.25) is 0 Å². The second-order valence-electron chi connectivity index (χ2n) is 6.07. The number of hydrogen-bond acceptors (Lipinski definition) is 2. The molecule has 2 nitrogen and oxygen atoms in total. The predicted octanol–water partition coefficient (Wildman–Crippen LogP) is 5.95. The first-order valence-electron chi connectivity index (χ1n) is 8.46. The highest BCUT2D eigenvalue weighted by Gasteiger charge is 2.07. The minimum Gasteiger partial charge on any atom is -0.256 e. The van der Waals surface area contributed by atoms with Crippen molar-refractivity contribution in [2.24, 2.45) is 0 Å². The van der Waals surface area contributed by atoms with E-state index in [1.165, 1.54) is 0 Å². The van der Waals surface area contributed by atoms with Crippen molar-refractivity contribution in [2.45, 2.75) is 0 Å². The van der Waals surface area contributed by atoms with Crippen molar-refractivity contribution in [2.75, 3.05) is 0 Å². The van der Waals surface area contributed by atoms with Crippen molar-refractivity contribution in [3.8, 4) is 39.6 Å². The molecule has 0 saturated carbocycles. The topological polar surface area (TPSA) is 36.7 Å². The summed E-state index contributed by atoms with van der Waals surface area (Å²) >= 11 is 0. The average Bonchev–Trinajstić information content (AvgIpc) is 2.75. The van der Waals surface area contributed by atoms with Crippen molar-refractivity contribution in [3.63, 3.8) is 0 Å². The lowest BCUT2D eigenvalue weighted by Gasteiger charge is -2.09. The molecular formula is C24H16N2. The van der Waals surface area contributed by atoms with Crippen LogP contribution >= 0.6 is 0 Å². The normalized spacial score (nSPS) is 10.3. The Morgan fingerprint density at radius 1 is 0.577 bits per heavy atom. The fraction of sp³-hybridized carbons (Fsp3) is 0. The molecule has 0 aliphatic rings. The second-order valence-corrected chi connectivity index (χ2v) is 6.07. The van der Waals surface area contributed by atoms with Gasteiger partial charge in [0, 0.05) is 11.8 Å². The van der Waals surface area contributed by atoms with E-state index in [4.69, 9.17) is 0 Å². The summed E-state index contributed by atoms with van der Waals surface area (Å²) in [6.07, 6.45) is 1.80. The van der Waals surface area contributed by atoms with Crippen LogP contribution in [-0.4, -0.2) is 4.98 Å². The van der Waals surface area contributed by atoms with Crippen molar-refractivity contribution >= 4 is 0 Å². The highest BCUT2D eigenvalue weighted by atomic mass is 14.7. The quantitative estimate of drug-likeness (QED) is 0.464. The lowest BCUT2D eigenvalue weighted by Crippen LogP contribution is -1.87. The van der Waals surface area contributed by atoms with Crippen molar-refractivity contribution in [1.29, 1.82) is 5.26 Å². The lowest BCUT2D eigenvalue weighted by atomic mass is 9.95. The summed E-state index contributed by atoms with van der Waals surface area (Å²) in [4.78, 5) is 4.43. The first kappa shape index (κ1) is 15.8. The van der Waals surface area contributed by atoms with Crippen LogP contribution in [-0.2, 0) is 0 Å². The standard InChI is InChI=1S/C24H16N2/c25-17-18-13-22(19-7-2-1-3-8-19)16-23(14-18)20-9-6-10-21(15-20)24-11-4-5-12-26-24/h1-16H. The molecule has 1 heterocycles. The molecule has 0 N–H and O–H groups in total. The van der Waals surface area contributed by atoms with Gasteiger partial charge in [0.05, 0.1) is 17.3 Å². The van der Waals surface area contributed by atoms with E-state index in [-0.39, 0.29) is 0 Å². The zero-order valence-corrected chi connectivity index (χ0v) is 14.1. The number of nitrogens with zero attached hydrogens (tertiary/aromatic N) is 2. The van der Waals surface area contributed by atoms with Gasteiger partial charge in [-0.25, -0.2) is 0 Å². The van der Waals surface area contributed by atoms with Gasteiger partial charge in [0.15, 0.2) is 0 Å². The first-order valence-corrected chi connectivity index (χ1v) is 8.46. The Kier molecular flexibility index (Phi) is 4.28. The van der Waals surface area contributed by atoms with Crippen molar-refractivity contribution in [3.05, 3.63) is 103 Å². The monoisotopic (exact) mass is 332 g/mol. The number of aromatic nitrogens is 1. The third-order valence-corrected chi connectivity index (χ3v) is 4.33. The maximum atomic E-state index is 9.45. The number of pyridine rings is 1. The van der Waals surface area contributed by atoms with Gasteiger partial charge in [-0.15, -0.1) is 0 Å². The highest BCUT2D eigenvalue weighted by molar-refractivity contribution is 5.77. The summed E-state index contributed by atoms with van der Waals surface area (Å²) in [6, 6.07) is 32.6. The van der Waals surface area contributed by atoms with E-state index in [0.717, 1.165) is 33.5 Å². The van der Waals surface area contributed by atoms with Crippen LogP contribution < -0.4 is 0 Å². The number of rotatable bonds is 3. The maximum absolute atomic E-state index is 9.45. The molecule has 0 radical (unpaired) electrons. The number of benzene rings is 3. The molecule has 4 aromatic rings. The fourth-order valence-corrected chi connectivity index (χ4v) is 3.05. The van der Waals surface area contributed by atoms with E-state index in [1.807, 2.05) is 54.6 Å². The van der Waals surface area contributed by atoms with Crippen LogP contribution in [0.2, 0.25) is 0 Å². The SMILES string of the molecule is N#Cc1cc(-c2ccccc2)cc(-c2cccc(-c3ccccn3)c2)c1. The predicted molar refractivity (Wildman–Crippen MR) is 105 cm³/mol. The van der Waals surface area contributed by atoms with E-state index in [9.17, 15) is 5.26 Å². The molecule has 0 unspecified atom stereocenters. The average molecular weight is 332 g/mol. The molecule has 0 saturated heterocycles. The smallest absolute Gasteiger partial charge is 0.0992 e. The molecule has 0 atom stereocenters. The van der Waals surface area contributed by atoms with Crippen molar-refractivity contribution in [1.82, 2.24) is 4.98 Å². The van der Waals surface area contributed by atoms with Gasteiger partial charge < -0.3 is 0 Å². The van der Waals surface area contributed by atoms with Crippen LogP contribution in [0.3, 0.4) is 0 Å². The molecule has 0 spiro atoms. The van der Waals surface area contributed by atoms with E-state index < -0.39 is 0 Å². The van der Waals surface area contributed by atoms with Gasteiger partial charge in [-0.05, 0) is 58.7 Å². The molecule has 2 heteroatoms. The zero-order chi connectivity index (χ0) is 17.8. The Bertz CT molecular complexity index is 1080. The lowest BCUT2D eigenvalue weighted by molar-refractivity contribution is 1.33. The largest absolute Gasteiger partial charge is 0.256 e. The Hall–Kier alpha value is -3.70. The Labute approximate surface area is 153 Å². The Morgan fingerprint density at radius 3 is 1.96 bits per heavy atom. The van der Waals surface area contributed by atoms with Gasteiger partial charge >= 0.3 is 0 Å². The van der Waals surface area contributed by atoms with Gasteiger partial charge in [-0.1, -0.05) is 54.6 Å². The first-order chi connectivity index (χ1) is 12.8. The van der Waals surface area contributed by atoms with Gasteiger partial charge in [0.25, 0.3) is 0 Å². The molecule has 0 aliphatic heterocycles. The summed E-state index contributed by atoms with van der Waals surface area (Å²) in [5.74, 6) is 0. The molecule has 0 fully saturated rings. The van der Waals surface area contributed by atoms with Crippen LogP contribution in [0.15, 0.2) is 97.2 Å². The number of hydrogen-bond donors (Lipinski definition) is 0. The van der Waals surface area contributed by atoms with Gasteiger partial charge in [0.1, 0.15) is 0 Å². The van der Waals surface area contributed by atoms with Crippen LogP contribution in [0, 0.1) is 11.3 Å². The van der Waals surface area contributed by atoms with Crippen molar-refractivity contribution < 1.29 is 0 Å². The minimum absolute atomic E-state index is 0.657. The zero-order valence-electron chi connectivity index (χ0n) is 14.1. The molecule has 122 valence electrons. The van der Waals surface area contributed by atoms with E-state index in [1.54, 1.807) is 6.20 Å².